The Labute approximate surface area is 211 Å². The fourth-order valence-corrected chi connectivity index (χ4v) is 5.87. The number of rotatable bonds is 5. The second-order valence-corrected chi connectivity index (χ2v) is 10.5. The number of anilines is 2. The first kappa shape index (κ1) is 22.9. The van der Waals surface area contributed by atoms with Crippen LogP contribution in [-0.2, 0) is 9.84 Å². The van der Waals surface area contributed by atoms with E-state index in [9.17, 15) is 18.5 Å². The number of non-ortho nitro benzene ring substituents is 1. The SMILES string of the molecule is O=[N+]([O-])c1ccc(N2CCN(c3nc4c(S(=O)(=O)c5ccccc5)nnn4c4ccccc34)CC2)cc1. The Morgan fingerprint density at radius 3 is 2.16 bits per heavy atom. The molecule has 12 heteroatoms. The van der Waals surface area contributed by atoms with Gasteiger partial charge in [0.25, 0.3) is 5.69 Å². The molecule has 1 aliphatic rings. The van der Waals surface area contributed by atoms with Gasteiger partial charge in [-0.05, 0) is 36.4 Å². The first-order valence-electron chi connectivity index (χ1n) is 11.6. The van der Waals surface area contributed by atoms with E-state index >= 15 is 0 Å². The molecule has 186 valence electrons. The van der Waals surface area contributed by atoms with Gasteiger partial charge in [-0.15, -0.1) is 5.10 Å². The van der Waals surface area contributed by atoms with Gasteiger partial charge in [0.15, 0.2) is 5.65 Å². The van der Waals surface area contributed by atoms with Crippen LogP contribution >= 0.6 is 0 Å². The summed E-state index contributed by atoms with van der Waals surface area (Å²) in [7, 11) is -3.92. The summed E-state index contributed by atoms with van der Waals surface area (Å²) in [6.07, 6.45) is 0. The number of nitrogens with zero attached hydrogens (tertiary/aromatic N) is 7. The smallest absolute Gasteiger partial charge is 0.269 e. The molecular weight excluding hydrogens is 494 g/mol. The molecule has 37 heavy (non-hydrogen) atoms. The third-order valence-corrected chi connectivity index (χ3v) is 8.18. The molecule has 0 spiro atoms. The van der Waals surface area contributed by atoms with Crippen molar-refractivity contribution >= 4 is 43.6 Å². The molecule has 0 unspecified atom stereocenters. The number of aromatic nitrogens is 4. The summed E-state index contributed by atoms with van der Waals surface area (Å²) < 4.78 is 28.2. The zero-order valence-electron chi connectivity index (χ0n) is 19.5. The minimum absolute atomic E-state index is 0.0574. The topological polar surface area (TPSA) is 127 Å². The van der Waals surface area contributed by atoms with Crippen LogP contribution in [0.1, 0.15) is 0 Å². The number of benzene rings is 3. The second kappa shape index (κ2) is 8.82. The normalized spacial score (nSPS) is 14.4. The molecule has 0 atom stereocenters. The first-order chi connectivity index (χ1) is 17.9. The maximum atomic E-state index is 13.4. The largest absolute Gasteiger partial charge is 0.368 e. The molecule has 0 amide bonds. The number of piperazine rings is 1. The van der Waals surface area contributed by atoms with E-state index in [1.807, 2.05) is 24.3 Å². The van der Waals surface area contributed by atoms with Gasteiger partial charge in [0.05, 0.1) is 15.3 Å². The quantitative estimate of drug-likeness (QED) is 0.256. The summed E-state index contributed by atoms with van der Waals surface area (Å²) in [5, 5.41) is 19.8. The zero-order valence-corrected chi connectivity index (χ0v) is 20.3. The van der Waals surface area contributed by atoms with Gasteiger partial charge in [-0.25, -0.2) is 13.4 Å². The molecular formula is C25H21N7O4S. The van der Waals surface area contributed by atoms with Crippen molar-refractivity contribution in [2.75, 3.05) is 36.0 Å². The minimum atomic E-state index is -3.92. The highest BCUT2D eigenvalue weighted by molar-refractivity contribution is 7.91. The van der Waals surface area contributed by atoms with E-state index in [0.717, 1.165) is 11.1 Å². The van der Waals surface area contributed by atoms with Crippen LogP contribution in [0.5, 0.6) is 0 Å². The molecule has 1 aliphatic heterocycles. The average molecular weight is 516 g/mol. The van der Waals surface area contributed by atoms with Crippen LogP contribution in [0.25, 0.3) is 16.6 Å². The molecule has 1 saturated heterocycles. The molecule has 6 rings (SSSR count). The second-order valence-electron chi connectivity index (χ2n) is 8.65. The van der Waals surface area contributed by atoms with Crippen LogP contribution in [0.4, 0.5) is 17.2 Å². The molecule has 0 N–H and O–H groups in total. The van der Waals surface area contributed by atoms with Crippen molar-refractivity contribution in [1.82, 2.24) is 19.8 Å². The summed E-state index contributed by atoms with van der Waals surface area (Å²) in [6.45, 7) is 2.61. The van der Waals surface area contributed by atoms with E-state index in [-0.39, 0.29) is 21.3 Å². The molecule has 0 saturated carbocycles. The molecule has 0 aliphatic carbocycles. The average Bonchev–Trinajstić information content (AvgIpc) is 3.38. The van der Waals surface area contributed by atoms with Crippen LogP contribution in [0.3, 0.4) is 0 Å². The number of nitro benzene ring substituents is 1. The lowest BCUT2D eigenvalue weighted by molar-refractivity contribution is -0.384. The van der Waals surface area contributed by atoms with E-state index < -0.39 is 14.8 Å². The summed E-state index contributed by atoms with van der Waals surface area (Å²) >= 11 is 0. The highest BCUT2D eigenvalue weighted by Crippen LogP contribution is 2.31. The van der Waals surface area contributed by atoms with Crippen LogP contribution in [-0.4, -0.2) is 59.3 Å². The van der Waals surface area contributed by atoms with Crippen molar-refractivity contribution in [3.05, 3.63) is 89.0 Å². The Morgan fingerprint density at radius 1 is 0.811 bits per heavy atom. The van der Waals surface area contributed by atoms with Crippen LogP contribution in [0.2, 0.25) is 0 Å². The third kappa shape index (κ3) is 3.91. The summed E-state index contributed by atoms with van der Waals surface area (Å²) in [6, 6.07) is 22.2. The van der Waals surface area contributed by atoms with E-state index in [4.69, 9.17) is 4.98 Å². The standard InChI is InChI=1S/C25H21N7O4S/c33-32(34)19-12-10-18(11-13-19)29-14-16-30(17-15-29)23-21-8-4-5-9-22(21)31-24(26-23)25(27-28-31)37(35,36)20-6-2-1-3-7-20/h1-13H,14-17H2. The summed E-state index contributed by atoms with van der Waals surface area (Å²) in [5.74, 6) is 0.665. The lowest BCUT2D eigenvalue weighted by atomic mass is 10.2. The number of sulfone groups is 1. The number of para-hydroxylation sites is 1. The maximum absolute atomic E-state index is 13.4. The van der Waals surface area contributed by atoms with Gasteiger partial charge < -0.3 is 9.80 Å². The lowest BCUT2D eigenvalue weighted by Crippen LogP contribution is -2.47. The van der Waals surface area contributed by atoms with Gasteiger partial charge in [0, 0.05) is 49.4 Å². The summed E-state index contributed by atoms with van der Waals surface area (Å²) in [5.41, 5.74) is 1.86. The van der Waals surface area contributed by atoms with Crippen LogP contribution < -0.4 is 9.80 Å². The van der Waals surface area contributed by atoms with Crippen LogP contribution in [0.15, 0.2) is 88.8 Å². The summed E-state index contributed by atoms with van der Waals surface area (Å²) in [4.78, 5) is 19.8. The van der Waals surface area contributed by atoms with Crippen LogP contribution in [0, 0.1) is 10.1 Å². The predicted octanol–water partition coefficient (Wildman–Crippen LogP) is 3.35. The van der Waals surface area contributed by atoms with Gasteiger partial charge in [-0.3, -0.25) is 10.1 Å². The number of hydrogen-bond donors (Lipinski definition) is 0. The van der Waals surface area contributed by atoms with E-state index in [1.165, 1.54) is 28.8 Å². The molecule has 11 nitrogen and oxygen atoms in total. The Kier molecular flexibility index (Phi) is 5.45. The fourth-order valence-electron chi connectivity index (χ4n) is 4.62. The van der Waals surface area contributed by atoms with Gasteiger partial charge in [0.2, 0.25) is 14.9 Å². The van der Waals surface area contributed by atoms with Gasteiger partial charge in [-0.2, -0.15) is 4.52 Å². The number of hydrogen-bond acceptors (Lipinski definition) is 9. The zero-order chi connectivity index (χ0) is 25.6. The van der Waals surface area contributed by atoms with Gasteiger partial charge >= 0.3 is 0 Å². The molecule has 0 radical (unpaired) electrons. The fraction of sp³-hybridized carbons (Fsp3) is 0.160. The van der Waals surface area contributed by atoms with Gasteiger partial charge in [-0.1, -0.05) is 35.5 Å². The Bertz CT molecular complexity index is 1730. The van der Waals surface area contributed by atoms with Crippen molar-refractivity contribution in [1.29, 1.82) is 0 Å². The lowest BCUT2D eigenvalue weighted by Gasteiger charge is -2.37. The van der Waals surface area contributed by atoms with E-state index in [2.05, 4.69) is 20.1 Å². The minimum Gasteiger partial charge on any atom is -0.368 e. The molecule has 5 aromatic rings. The van der Waals surface area contributed by atoms with E-state index in [1.54, 1.807) is 30.3 Å². The van der Waals surface area contributed by atoms with Crippen molar-refractivity contribution < 1.29 is 13.3 Å². The molecule has 2 aromatic heterocycles. The molecule has 1 fully saturated rings. The maximum Gasteiger partial charge on any atom is 0.269 e. The Hall–Kier alpha value is -4.58. The predicted molar refractivity (Wildman–Crippen MR) is 138 cm³/mol. The Balaban J connectivity index is 1.37. The Morgan fingerprint density at radius 2 is 1.46 bits per heavy atom. The highest BCUT2D eigenvalue weighted by atomic mass is 32.2. The monoisotopic (exact) mass is 515 g/mol. The molecule has 3 heterocycles. The number of fused-ring (bicyclic) bond motifs is 3. The van der Waals surface area contributed by atoms with Crippen molar-refractivity contribution in [2.24, 2.45) is 0 Å². The third-order valence-electron chi connectivity index (χ3n) is 6.51. The van der Waals surface area contributed by atoms with Crippen molar-refractivity contribution in [3.63, 3.8) is 0 Å². The van der Waals surface area contributed by atoms with Gasteiger partial charge in [0.1, 0.15) is 5.82 Å². The first-order valence-corrected chi connectivity index (χ1v) is 13.1. The van der Waals surface area contributed by atoms with E-state index in [0.29, 0.717) is 37.5 Å². The molecule has 3 aromatic carbocycles. The van der Waals surface area contributed by atoms with Crippen molar-refractivity contribution in [3.8, 4) is 0 Å². The van der Waals surface area contributed by atoms with Crippen molar-refractivity contribution in [2.45, 2.75) is 9.92 Å². The number of nitro groups is 1. The molecule has 0 bridgehead atoms. The highest BCUT2D eigenvalue weighted by Gasteiger charge is 2.28.